The lowest BCUT2D eigenvalue weighted by Gasteiger charge is -2.33. The van der Waals surface area contributed by atoms with E-state index in [1.54, 1.807) is 0 Å². The highest BCUT2D eigenvalue weighted by Crippen LogP contribution is 2.13. The fraction of sp³-hybridized carbons (Fsp3) is 0.909. The Morgan fingerprint density at radius 1 is 1.53 bits per heavy atom. The maximum atomic E-state index is 11.3. The van der Waals surface area contributed by atoms with Crippen LogP contribution >= 0.6 is 0 Å². The normalized spacial score (nSPS) is 19.1. The molecule has 0 aliphatic carbocycles. The number of hydrogen-bond donors (Lipinski definition) is 2. The van der Waals surface area contributed by atoms with Crippen LogP contribution in [0.1, 0.15) is 34.1 Å². The topological polar surface area (TPSA) is 58.6 Å². The lowest BCUT2D eigenvalue weighted by molar-refractivity contribution is -0.145. The SMILES string of the molecule is CCC(C)(CO)NC(C)C(C)C(=O)OC. The molecule has 0 bridgehead atoms. The van der Waals surface area contributed by atoms with Crippen LogP contribution in [0, 0.1) is 5.92 Å². The van der Waals surface area contributed by atoms with Gasteiger partial charge in [0.15, 0.2) is 0 Å². The van der Waals surface area contributed by atoms with E-state index in [9.17, 15) is 9.90 Å². The van der Waals surface area contributed by atoms with Crippen molar-refractivity contribution in [2.45, 2.75) is 45.7 Å². The first-order valence-corrected chi connectivity index (χ1v) is 5.36. The van der Waals surface area contributed by atoms with Crippen LogP contribution in [0.2, 0.25) is 0 Å². The maximum Gasteiger partial charge on any atom is 0.309 e. The highest BCUT2D eigenvalue weighted by atomic mass is 16.5. The first-order valence-electron chi connectivity index (χ1n) is 5.36. The molecular weight excluding hydrogens is 194 g/mol. The van der Waals surface area contributed by atoms with E-state index in [1.807, 2.05) is 27.7 Å². The van der Waals surface area contributed by atoms with Crippen molar-refractivity contribution in [2.24, 2.45) is 5.92 Å². The van der Waals surface area contributed by atoms with Crippen LogP contribution in [0.15, 0.2) is 0 Å². The molecule has 0 heterocycles. The molecule has 0 aromatic heterocycles. The van der Waals surface area contributed by atoms with Gasteiger partial charge in [-0.15, -0.1) is 0 Å². The van der Waals surface area contributed by atoms with E-state index in [2.05, 4.69) is 10.1 Å². The van der Waals surface area contributed by atoms with Crippen LogP contribution in [0.3, 0.4) is 0 Å². The number of hydrogen-bond acceptors (Lipinski definition) is 4. The van der Waals surface area contributed by atoms with Crippen LogP contribution in [0.25, 0.3) is 0 Å². The molecule has 3 unspecified atom stereocenters. The van der Waals surface area contributed by atoms with Crippen LogP contribution in [-0.2, 0) is 9.53 Å². The number of methoxy groups -OCH3 is 1. The van der Waals surface area contributed by atoms with Crippen molar-refractivity contribution in [2.75, 3.05) is 13.7 Å². The summed E-state index contributed by atoms with van der Waals surface area (Å²) in [6.07, 6.45) is 0.807. The van der Waals surface area contributed by atoms with Crippen molar-refractivity contribution in [1.82, 2.24) is 5.32 Å². The largest absolute Gasteiger partial charge is 0.469 e. The zero-order chi connectivity index (χ0) is 12.1. The van der Waals surface area contributed by atoms with Gasteiger partial charge in [0.25, 0.3) is 0 Å². The lowest BCUT2D eigenvalue weighted by Crippen LogP contribution is -2.52. The fourth-order valence-electron chi connectivity index (χ4n) is 1.32. The van der Waals surface area contributed by atoms with Gasteiger partial charge in [-0.25, -0.2) is 0 Å². The van der Waals surface area contributed by atoms with Crippen LogP contribution in [0.4, 0.5) is 0 Å². The molecule has 15 heavy (non-hydrogen) atoms. The highest BCUT2D eigenvalue weighted by Gasteiger charge is 2.28. The summed E-state index contributed by atoms with van der Waals surface area (Å²) in [5, 5.41) is 12.5. The van der Waals surface area contributed by atoms with E-state index in [0.29, 0.717) is 0 Å². The fourth-order valence-corrected chi connectivity index (χ4v) is 1.32. The van der Waals surface area contributed by atoms with Crippen LogP contribution < -0.4 is 5.32 Å². The van der Waals surface area contributed by atoms with Crippen LogP contribution in [-0.4, -0.2) is 36.4 Å². The monoisotopic (exact) mass is 217 g/mol. The summed E-state index contributed by atoms with van der Waals surface area (Å²) in [7, 11) is 1.39. The molecule has 0 aliphatic heterocycles. The molecule has 4 nitrogen and oxygen atoms in total. The maximum absolute atomic E-state index is 11.3. The summed E-state index contributed by atoms with van der Waals surface area (Å²) in [6.45, 7) is 7.73. The average molecular weight is 217 g/mol. The molecule has 0 aromatic rings. The molecule has 0 spiro atoms. The molecule has 0 fully saturated rings. The number of esters is 1. The molecule has 0 saturated heterocycles. The van der Waals surface area contributed by atoms with Gasteiger partial charge >= 0.3 is 5.97 Å². The van der Waals surface area contributed by atoms with Crippen molar-refractivity contribution >= 4 is 5.97 Å². The lowest BCUT2D eigenvalue weighted by atomic mass is 9.95. The molecule has 3 atom stereocenters. The van der Waals surface area contributed by atoms with Gasteiger partial charge in [-0.2, -0.15) is 0 Å². The highest BCUT2D eigenvalue weighted by molar-refractivity contribution is 5.72. The van der Waals surface area contributed by atoms with Gasteiger partial charge in [0.05, 0.1) is 19.6 Å². The van der Waals surface area contributed by atoms with E-state index in [4.69, 9.17) is 0 Å². The zero-order valence-electron chi connectivity index (χ0n) is 10.3. The molecule has 2 N–H and O–H groups in total. The van der Waals surface area contributed by atoms with Crippen molar-refractivity contribution in [3.8, 4) is 0 Å². The van der Waals surface area contributed by atoms with Gasteiger partial charge < -0.3 is 15.2 Å². The Morgan fingerprint density at radius 2 is 2.07 bits per heavy atom. The Balaban J connectivity index is 4.34. The van der Waals surface area contributed by atoms with Crippen molar-refractivity contribution < 1.29 is 14.6 Å². The van der Waals surface area contributed by atoms with Gasteiger partial charge in [0.2, 0.25) is 0 Å². The van der Waals surface area contributed by atoms with E-state index in [1.165, 1.54) is 7.11 Å². The Hall–Kier alpha value is -0.610. The number of nitrogens with one attached hydrogen (secondary N) is 1. The van der Waals surface area contributed by atoms with Crippen molar-refractivity contribution in [3.05, 3.63) is 0 Å². The molecule has 90 valence electrons. The smallest absolute Gasteiger partial charge is 0.309 e. The standard InChI is InChI=1S/C11H23NO3/c1-6-11(4,7-13)12-9(3)8(2)10(14)15-5/h8-9,12-13H,6-7H2,1-5H3. The summed E-state index contributed by atoms with van der Waals surface area (Å²) in [6, 6.07) is -0.0189. The number of aliphatic hydroxyl groups is 1. The number of carbonyl (C=O) groups is 1. The van der Waals surface area contributed by atoms with Crippen molar-refractivity contribution in [1.29, 1.82) is 0 Å². The number of aliphatic hydroxyl groups excluding tert-OH is 1. The average Bonchev–Trinajstić information content (AvgIpc) is 2.26. The summed E-state index contributed by atoms with van der Waals surface area (Å²) in [5.74, 6) is -0.446. The minimum Gasteiger partial charge on any atom is -0.469 e. The molecule has 0 saturated carbocycles. The first-order chi connectivity index (χ1) is 6.90. The second-order valence-corrected chi connectivity index (χ2v) is 4.32. The number of rotatable bonds is 6. The molecular formula is C11H23NO3. The third-order valence-electron chi connectivity index (χ3n) is 3.03. The summed E-state index contributed by atoms with van der Waals surface area (Å²) >= 11 is 0. The molecule has 0 amide bonds. The van der Waals surface area contributed by atoms with Crippen molar-refractivity contribution in [3.63, 3.8) is 0 Å². The minimum absolute atomic E-state index is 0.0189. The van der Waals surface area contributed by atoms with Gasteiger partial charge in [-0.05, 0) is 20.3 Å². The quantitative estimate of drug-likeness (QED) is 0.650. The van der Waals surface area contributed by atoms with E-state index >= 15 is 0 Å². The molecule has 4 heteroatoms. The summed E-state index contributed by atoms with van der Waals surface area (Å²) < 4.78 is 4.67. The third kappa shape index (κ3) is 4.18. The predicted octanol–water partition coefficient (Wildman–Crippen LogP) is 0.935. The minimum atomic E-state index is -0.332. The van der Waals surface area contributed by atoms with E-state index < -0.39 is 0 Å². The van der Waals surface area contributed by atoms with Crippen LogP contribution in [0.5, 0.6) is 0 Å². The Morgan fingerprint density at radius 3 is 2.40 bits per heavy atom. The summed E-state index contributed by atoms with van der Waals surface area (Å²) in [5.41, 5.74) is -0.332. The number of carbonyl (C=O) groups excluding carboxylic acids is 1. The number of ether oxygens (including phenoxy) is 1. The molecule has 0 radical (unpaired) electrons. The molecule has 0 aliphatic rings. The Labute approximate surface area is 92.0 Å². The molecule has 0 aromatic carbocycles. The zero-order valence-corrected chi connectivity index (χ0v) is 10.3. The van der Waals surface area contributed by atoms with Gasteiger partial charge in [0.1, 0.15) is 0 Å². The predicted molar refractivity (Wildman–Crippen MR) is 59.6 cm³/mol. The van der Waals surface area contributed by atoms with Gasteiger partial charge in [-0.1, -0.05) is 13.8 Å². The van der Waals surface area contributed by atoms with E-state index in [0.717, 1.165) is 6.42 Å². The molecule has 0 rings (SSSR count). The third-order valence-corrected chi connectivity index (χ3v) is 3.03. The van der Waals surface area contributed by atoms with Gasteiger partial charge in [-0.3, -0.25) is 4.79 Å². The second kappa shape index (κ2) is 6.08. The second-order valence-electron chi connectivity index (χ2n) is 4.32. The van der Waals surface area contributed by atoms with Gasteiger partial charge in [0, 0.05) is 11.6 Å². The van der Waals surface area contributed by atoms with E-state index in [-0.39, 0.29) is 30.1 Å². The Kier molecular flexibility index (Phi) is 5.83. The summed E-state index contributed by atoms with van der Waals surface area (Å²) in [4.78, 5) is 11.3. The first kappa shape index (κ1) is 14.4. The Bertz CT molecular complexity index is 202.